The average molecular weight is 311 g/mol. The number of carbonyl (C=O) groups is 2. The fourth-order valence-electron chi connectivity index (χ4n) is 1.47. The van der Waals surface area contributed by atoms with Crippen molar-refractivity contribution < 1.29 is 14.7 Å². The molecule has 0 saturated heterocycles. The Labute approximate surface area is 124 Å². The number of aromatic carboxylic acids is 1. The van der Waals surface area contributed by atoms with Gasteiger partial charge in [-0.05, 0) is 24.3 Å². The summed E-state index contributed by atoms with van der Waals surface area (Å²) in [5, 5.41) is 12.0. The van der Waals surface area contributed by atoms with Gasteiger partial charge in [-0.25, -0.2) is 4.79 Å². The zero-order chi connectivity index (χ0) is 14.7. The van der Waals surface area contributed by atoms with Crippen molar-refractivity contribution in [3.8, 4) is 0 Å². The lowest BCUT2D eigenvalue weighted by Crippen LogP contribution is -2.12. The Hall–Kier alpha value is -2.11. The summed E-state index contributed by atoms with van der Waals surface area (Å²) in [5.41, 5.74) is 0.568. The lowest BCUT2D eigenvalue weighted by molar-refractivity contribution is 0.0696. The number of nitrogens with one attached hydrogen (secondary N) is 1. The molecule has 0 aliphatic carbocycles. The molecule has 1 aromatic carbocycles. The molecule has 0 spiro atoms. The van der Waals surface area contributed by atoms with Crippen molar-refractivity contribution >= 4 is 40.8 Å². The Kier molecular flexibility index (Phi) is 4.22. The van der Waals surface area contributed by atoms with Crippen molar-refractivity contribution in [3.63, 3.8) is 0 Å². The second kappa shape index (κ2) is 5.90. The second-order valence-corrected chi connectivity index (χ2v) is 4.66. The highest BCUT2D eigenvalue weighted by Crippen LogP contribution is 2.23. The van der Waals surface area contributed by atoms with E-state index in [2.05, 4.69) is 10.3 Å². The van der Waals surface area contributed by atoms with E-state index in [0.717, 1.165) is 0 Å². The molecule has 1 heterocycles. The molecule has 20 heavy (non-hydrogen) atoms. The van der Waals surface area contributed by atoms with Crippen molar-refractivity contribution in [3.05, 3.63) is 57.8 Å². The summed E-state index contributed by atoms with van der Waals surface area (Å²) in [4.78, 5) is 26.5. The van der Waals surface area contributed by atoms with Crippen molar-refractivity contribution in [2.45, 2.75) is 0 Å². The van der Waals surface area contributed by atoms with Crippen LogP contribution in [-0.4, -0.2) is 22.0 Å². The standard InChI is InChI=1S/C13H8Cl2N2O3/c14-10-2-1-7(4-11(10)15)12(18)17-9-3-8(13(19)20)5-16-6-9/h1-6H,(H,17,18)(H,19,20). The maximum atomic E-state index is 12.0. The summed E-state index contributed by atoms with van der Waals surface area (Å²) >= 11 is 11.6. The first-order chi connectivity index (χ1) is 9.47. The van der Waals surface area contributed by atoms with Crippen LogP contribution >= 0.6 is 23.2 Å². The molecule has 2 rings (SSSR count). The number of halogens is 2. The molecule has 0 aliphatic rings. The fourth-order valence-corrected chi connectivity index (χ4v) is 1.76. The van der Waals surface area contributed by atoms with Crippen molar-refractivity contribution in [2.24, 2.45) is 0 Å². The molecule has 5 nitrogen and oxygen atoms in total. The molecule has 0 radical (unpaired) electrons. The highest BCUT2D eigenvalue weighted by Gasteiger charge is 2.10. The molecule has 0 atom stereocenters. The minimum atomic E-state index is -1.12. The summed E-state index contributed by atoms with van der Waals surface area (Å²) in [7, 11) is 0. The normalized spacial score (nSPS) is 10.1. The van der Waals surface area contributed by atoms with Gasteiger partial charge in [0.25, 0.3) is 5.91 Å². The van der Waals surface area contributed by atoms with Crippen molar-refractivity contribution in [1.82, 2.24) is 4.98 Å². The molecule has 2 N–H and O–H groups in total. The number of hydrogen-bond acceptors (Lipinski definition) is 3. The second-order valence-electron chi connectivity index (χ2n) is 3.85. The zero-order valence-electron chi connectivity index (χ0n) is 9.93. The van der Waals surface area contributed by atoms with Gasteiger partial charge < -0.3 is 10.4 Å². The summed E-state index contributed by atoms with van der Waals surface area (Å²) < 4.78 is 0. The highest BCUT2D eigenvalue weighted by molar-refractivity contribution is 6.42. The van der Waals surface area contributed by atoms with Gasteiger partial charge in [-0.3, -0.25) is 9.78 Å². The topological polar surface area (TPSA) is 79.3 Å². The van der Waals surface area contributed by atoms with Gasteiger partial charge in [-0.15, -0.1) is 0 Å². The number of carboxylic acid groups (broad SMARTS) is 1. The number of nitrogens with zero attached hydrogens (tertiary/aromatic N) is 1. The van der Waals surface area contributed by atoms with Gasteiger partial charge in [0.05, 0.1) is 27.5 Å². The number of carboxylic acids is 1. The molecular formula is C13H8Cl2N2O3. The van der Waals surface area contributed by atoms with Gasteiger partial charge in [-0.1, -0.05) is 23.2 Å². The molecule has 1 amide bonds. The number of pyridine rings is 1. The molecule has 2 aromatic rings. The Balaban J connectivity index is 2.21. The van der Waals surface area contributed by atoms with E-state index in [0.29, 0.717) is 10.6 Å². The monoisotopic (exact) mass is 310 g/mol. The number of aromatic nitrogens is 1. The van der Waals surface area contributed by atoms with Crippen LogP contribution in [0.1, 0.15) is 20.7 Å². The van der Waals surface area contributed by atoms with E-state index in [4.69, 9.17) is 28.3 Å². The summed E-state index contributed by atoms with van der Waals surface area (Å²) in [6.45, 7) is 0. The number of hydrogen-bond donors (Lipinski definition) is 2. The van der Waals surface area contributed by atoms with Crippen LogP contribution in [0.5, 0.6) is 0 Å². The van der Waals surface area contributed by atoms with E-state index in [9.17, 15) is 9.59 Å². The predicted molar refractivity (Wildman–Crippen MR) is 75.6 cm³/mol. The molecule has 0 aliphatic heterocycles. The number of benzene rings is 1. The quantitative estimate of drug-likeness (QED) is 0.911. The van der Waals surface area contributed by atoms with Gasteiger partial charge in [-0.2, -0.15) is 0 Å². The third kappa shape index (κ3) is 3.26. The summed E-state index contributed by atoms with van der Waals surface area (Å²) in [6.07, 6.45) is 2.54. The summed E-state index contributed by atoms with van der Waals surface area (Å²) in [6, 6.07) is 5.75. The maximum absolute atomic E-state index is 12.0. The van der Waals surface area contributed by atoms with E-state index in [-0.39, 0.29) is 16.3 Å². The molecule has 0 unspecified atom stereocenters. The minimum absolute atomic E-state index is 0.0167. The van der Waals surface area contributed by atoms with Gasteiger partial charge in [0, 0.05) is 11.8 Å². The molecule has 0 bridgehead atoms. The molecular weight excluding hydrogens is 303 g/mol. The number of amides is 1. The van der Waals surface area contributed by atoms with Crippen LogP contribution in [0.3, 0.4) is 0 Å². The van der Waals surface area contributed by atoms with Gasteiger partial charge in [0.1, 0.15) is 0 Å². The van der Waals surface area contributed by atoms with Crippen LogP contribution in [0.4, 0.5) is 5.69 Å². The van der Waals surface area contributed by atoms with Crippen LogP contribution in [0.15, 0.2) is 36.7 Å². The van der Waals surface area contributed by atoms with Crippen LogP contribution in [0.25, 0.3) is 0 Å². The van der Waals surface area contributed by atoms with Crippen LogP contribution < -0.4 is 5.32 Å². The van der Waals surface area contributed by atoms with E-state index >= 15 is 0 Å². The average Bonchev–Trinajstić information content (AvgIpc) is 2.42. The van der Waals surface area contributed by atoms with E-state index in [1.807, 2.05) is 0 Å². The molecule has 7 heteroatoms. The van der Waals surface area contributed by atoms with Gasteiger partial charge >= 0.3 is 5.97 Å². The van der Waals surface area contributed by atoms with E-state index in [1.165, 1.54) is 36.7 Å². The van der Waals surface area contributed by atoms with Crippen LogP contribution in [0.2, 0.25) is 10.0 Å². The zero-order valence-corrected chi connectivity index (χ0v) is 11.4. The molecule has 102 valence electrons. The Morgan fingerprint density at radius 1 is 1.05 bits per heavy atom. The Morgan fingerprint density at radius 2 is 1.80 bits per heavy atom. The Bertz CT molecular complexity index is 689. The van der Waals surface area contributed by atoms with Gasteiger partial charge in [0.2, 0.25) is 0 Å². The molecule has 1 aromatic heterocycles. The van der Waals surface area contributed by atoms with Crippen molar-refractivity contribution in [1.29, 1.82) is 0 Å². The number of carbonyl (C=O) groups excluding carboxylic acids is 1. The highest BCUT2D eigenvalue weighted by atomic mass is 35.5. The summed E-state index contributed by atoms with van der Waals surface area (Å²) in [5.74, 6) is -1.56. The number of rotatable bonds is 3. The lowest BCUT2D eigenvalue weighted by Gasteiger charge is -2.06. The largest absolute Gasteiger partial charge is 0.478 e. The number of anilines is 1. The fraction of sp³-hybridized carbons (Fsp3) is 0. The van der Waals surface area contributed by atoms with E-state index < -0.39 is 11.9 Å². The smallest absolute Gasteiger partial charge is 0.337 e. The molecule has 0 saturated carbocycles. The van der Waals surface area contributed by atoms with Crippen LogP contribution in [0, 0.1) is 0 Å². The van der Waals surface area contributed by atoms with Gasteiger partial charge in [0.15, 0.2) is 0 Å². The minimum Gasteiger partial charge on any atom is -0.478 e. The first-order valence-electron chi connectivity index (χ1n) is 5.42. The third-order valence-corrected chi connectivity index (χ3v) is 3.16. The van der Waals surface area contributed by atoms with E-state index in [1.54, 1.807) is 0 Å². The molecule has 0 fully saturated rings. The Morgan fingerprint density at radius 3 is 2.45 bits per heavy atom. The SMILES string of the molecule is O=C(O)c1cncc(NC(=O)c2ccc(Cl)c(Cl)c2)c1. The van der Waals surface area contributed by atoms with Crippen molar-refractivity contribution in [2.75, 3.05) is 5.32 Å². The lowest BCUT2D eigenvalue weighted by atomic mass is 10.2. The van der Waals surface area contributed by atoms with Crippen LogP contribution in [-0.2, 0) is 0 Å². The first-order valence-corrected chi connectivity index (χ1v) is 6.17. The first kappa shape index (κ1) is 14.3. The maximum Gasteiger partial charge on any atom is 0.337 e. The third-order valence-electron chi connectivity index (χ3n) is 2.42. The predicted octanol–water partition coefficient (Wildman–Crippen LogP) is 3.34.